The Balaban J connectivity index is 2.76. The summed E-state index contributed by atoms with van der Waals surface area (Å²) in [5.74, 6) is 1.11. The SMILES string of the molecule is CC1SCCN(S(=O)(=O)CCCl)C1C. The van der Waals surface area contributed by atoms with E-state index in [2.05, 4.69) is 6.92 Å². The molecule has 3 nitrogen and oxygen atoms in total. The van der Waals surface area contributed by atoms with Crippen LogP contribution in [0, 0.1) is 0 Å². The van der Waals surface area contributed by atoms with Gasteiger partial charge in [0, 0.05) is 29.5 Å². The first-order chi connectivity index (χ1) is 6.49. The molecule has 6 heteroatoms. The van der Waals surface area contributed by atoms with Gasteiger partial charge in [0.25, 0.3) is 0 Å². The molecule has 0 saturated carbocycles. The fourth-order valence-corrected chi connectivity index (χ4v) is 4.88. The van der Waals surface area contributed by atoms with Crippen molar-refractivity contribution in [3.05, 3.63) is 0 Å². The van der Waals surface area contributed by atoms with Gasteiger partial charge in [-0.15, -0.1) is 11.6 Å². The molecule has 1 heterocycles. The quantitative estimate of drug-likeness (QED) is 0.717. The average molecular weight is 258 g/mol. The summed E-state index contributed by atoms with van der Waals surface area (Å²) in [5, 5.41) is 0.369. The number of halogens is 1. The lowest BCUT2D eigenvalue weighted by Gasteiger charge is -2.36. The van der Waals surface area contributed by atoms with Gasteiger partial charge < -0.3 is 0 Å². The Kier molecular flexibility index (Phi) is 4.56. The number of sulfonamides is 1. The van der Waals surface area contributed by atoms with Crippen molar-refractivity contribution in [1.82, 2.24) is 4.31 Å². The van der Waals surface area contributed by atoms with Crippen LogP contribution < -0.4 is 0 Å². The van der Waals surface area contributed by atoms with Gasteiger partial charge in [0.2, 0.25) is 10.0 Å². The van der Waals surface area contributed by atoms with Crippen molar-refractivity contribution in [2.75, 3.05) is 23.9 Å². The molecule has 0 N–H and O–H groups in total. The van der Waals surface area contributed by atoms with Crippen molar-refractivity contribution in [2.45, 2.75) is 25.1 Å². The van der Waals surface area contributed by atoms with Gasteiger partial charge in [-0.1, -0.05) is 6.92 Å². The van der Waals surface area contributed by atoms with E-state index in [0.29, 0.717) is 11.8 Å². The lowest BCUT2D eigenvalue weighted by Crippen LogP contribution is -2.48. The molecule has 84 valence electrons. The van der Waals surface area contributed by atoms with Gasteiger partial charge in [-0.3, -0.25) is 0 Å². The van der Waals surface area contributed by atoms with Gasteiger partial charge in [-0.25, -0.2) is 8.42 Å². The second-order valence-corrected chi connectivity index (χ2v) is 7.34. The Morgan fingerprint density at radius 3 is 2.71 bits per heavy atom. The smallest absolute Gasteiger partial charge is 0.212 e. The maximum Gasteiger partial charge on any atom is 0.215 e. The van der Waals surface area contributed by atoms with Crippen molar-refractivity contribution < 1.29 is 8.42 Å². The van der Waals surface area contributed by atoms with E-state index < -0.39 is 10.0 Å². The maximum atomic E-state index is 11.8. The summed E-state index contributed by atoms with van der Waals surface area (Å²) in [6.45, 7) is 4.65. The van der Waals surface area contributed by atoms with Crippen molar-refractivity contribution in [3.8, 4) is 0 Å². The number of rotatable bonds is 3. The number of nitrogens with zero attached hydrogens (tertiary/aromatic N) is 1. The van der Waals surface area contributed by atoms with E-state index in [-0.39, 0.29) is 17.7 Å². The zero-order valence-corrected chi connectivity index (χ0v) is 10.8. The van der Waals surface area contributed by atoms with Crippen LogP contribution in [-0.4, -0.2) is 47.9 Å². The predicted molar refractivity (Wildman–Crippen MR) is 62.6 cm³/mol. The van der Waals surface area contributed by atoms with Crippen molar-refractivity contribution in [1.29, 1.82) is 0 Å². The summed E-state index contributed by atoms with van der Waals surface area (Å²) in [5.41, 5.74) is 0. The number of hydrogen-bond acceptors (Lipinski definition) is 3. The highest BCUT2D eigenvalue weighted by Crippen LogP contribution is 2.26. The van der Waals surface area contributed by atoms with Crippen molar-refractivity contribution in [3.63, 3.8) is 0 Å². The molecule has 14 heavy (non-hydrogen) atoms. The lowest BCUT2D eigenvalue weighted by molar-refractivity contribution is 0.341. The lowest BCUT2D eigenvalue weighted by atomic mass is 10.2. The molecule has 2 atom stereocenters. The molecule has 0 radical (unpaired) electrons. The Morgan fingerprint density at radius 2 is 2.14 bits per heavy atom. The third-order valence-electron chi connectivity index (χ3n) is 2.52. The van der Waals surface area contributed by atoms with Gasteiger partial charge in [-0.05, 0) is 6.92 Å². The second-order valence-electron chi connectivity index (χ2n) is 3.43. The van der Waals surface area contributed by atoms with E-state index in [9.17, 15) is 8.42 Å². The number of hydrogen-bond donors (Lipinski definition) is 0. The van der Waals surface area contributed by atoms with Gasteiger partial charge >= 0.3 is 0 Å². The molecule has 0 aromatic carbocycles. The third-order valence-corrected chi connectivity index (χ3v) is 6.22. The van der Waals surface area contributed by atoms with E-state index in [0.717, 1.165) is 5.75 Å². The first-order valence-electron chi connectivity index (χ1n) is 4.66. The zero-order chi connectivity index (χ0) is 10.8. The van der Waals surface area contributed by atoms with Crippen LogP contribution >= 0.6 is 23.4 Å². The van der Waals surface area contributed by atoms with Gasteiger partial charge in [-0.2, -0.15) is 16.1 Å². The van der Waals surface area contributed by atoms with Gasteiger partial charge in [0.1, 0.15) is 0 Å². The Bertz CT molecular complexity index is 281. The molecule has 1 aliphatic heterocycles. The summed E-state index contributed by atoms with van der Waals surface area (Å²) in [4.78, 5) is 0. The molecule has 0 aliphatic carbocycles. The van der Waals surface area contributed by atoms with Crippen molar-refractivity contribution in [2.24, 2.45) is 0 Å². The molecule has 0 bridgehead atoms. The van der Waals surface area contributed by atoms with Crippen LogP contribution in [0.3, 0.4) is 0 Å². The minimum absolute atomic E-state index is 0.0519. The fourth-order valence-electron chi connectivity index (χ4n) is 1.51. The Hall–Kier alpha value is 0.550. The monoisotopic (exact) mass is 257 g/mol. The maximum absolute atomic E-state index is 11.8. The summed E-state index contributed by atoms with van der Waals surface area (Å²) in [6.07, 6.45) is 0. The van der Waals surface area contributed by atoms with E-state index in [4.69, 9.17) is 11.6 Å². The predicted octanol–water partition coefficient (Wildman–Crippen LogP) is 1.38. The fraction of sp³-hybridized carbons (Fsp3) is 1.00. The van der Waals surface area contributed by atoms with E-state index in [1.165, 1.54) is 0 Å². The summed E-state index contributed by atoms with van der Waals surface area (Å²) in [7, 11) is -3.13. The molecule has 1 fully saturated rings. The van der Waals surface area contributed by atoms with Crippen LogP contribution in [0.4, 0.5) is 0 Å². The largest absolute Gasteiger partial charge is 0.215 e. The molecule has 1 saturated heterocycles. The van der Waals surface area contributed by atoms with Crippen LogP contribution in [-0.2, 0) is 10.0 Å². The highest BCUT2D eigenvalue weighted by Gasteiger charge is 2.33. The van der Waals surface area contributed by atoms with Crippen LogP contribution in [0.5, 0.6) is 0 Å². The van der Waals surface area contributed by atoms with E-state index >= 15 is 0 Å². The topological polar surface area (TPSA) is 37.4 Å². The summed E-state index contributed by atoms with van der Waals surface area (Å²) >= 11 is 7.30. The van der Waals surface area contributed by atoms with Gasteiger partial charge in [0.15, 0.2) is 0 Å². The molecule has 0 aromatic heterocycles. The highest BCUT2D eigenvalue weighted by molar-refractivity contribution is 8.00. The van der Waals surface area contributed by atoms with Crippen LogP contribution in [0.25, 0.3) is 0 Å². The third kappa shape index (κ3) is 2.78. The summed E-state index contributed by atoms with van der Waals surface area (Å²) in [6, 6.07) is 0.0852. The molecular weight excluding hydrogens is 242 g/mol. The number of alkyl halides is 1. The average Bonchev–Trinajstić information content (AvgIpc) is 2.09. The molecule has 0 aromatic rings. The van der Waals surface area contributed by atoms with E-state index in [1.807, 2.05) is 18.7 Å². The highest BCUT2D eigenvalue weighted by atomic mass is 35.5. The minimum atomic E-state index is -3.13. The first-order valence-corrected chi connectivity index (χ1v) is 7.85. The normalized spacial score (nSPS) is 30.5. The van der Waals surface area contributed by atoms with Crippen LogP contribution in [0.15, 0.2) is 0 Å². The van der Waals surface area contributed by atoms with Gasteiger partial charge in [0.05, 0.1) is 5.75 Å². The molecular formula is C8H16ClNO2S2. The molecule has 1 aliphatic rings. The molecule has 0 amide bonds. The van der Waals surface area contributed by atoms with Crippen LogP contribution in [0.1, 0.15) is 13.8 Å². The molecule has 2 unspecified atom stereocenters. The van der Waals surface area contributed by atoms with Crippen molar-refractivity contribution >= 4 is 33.4 Å². The van der Waals surface area contributed by atoms with E-state index in [1.54, 1.807) is 4.31 Å². The zero-order valence-electron chi connectivity index (χ0n) is 8.44. The first kappa shape index (κ1) is 12.6. The second kappa shape index (κ2) is 5.05. The molecule has 0 spiro atoms. The Labute approximate surface area is 95.2 Å². The van der Waals surface area contributed by atoms with Crippen LogP contribution in [0.2, 0.25) is 0 Å². The molecule has 1 rings (SSSR count). The summed E-state index contributed by atoms with van der Waals surface area (Å²) < 4.78 is 25.1. The minimum Gasteiger partial charge on any atom is -0.212 e. The number of thioether (sulfide) groups is 1. The standard InChI is InChI=1S/C8H16ClNO2S2/c1-7-8(2)13-5-4-10(7)14(11,12)6-3-9/h7-8H,3-6H2,1-2H3. The Morgan fingerprint density at radius 1 is 1.50 bits per heavy atom.